The van der Waals surface area contributed by atoms with Crippen LogP contribution in [0.5, 0.6) is 0 Å². The van der Waals surface area contributed by atoms with E-state index in [0.717, 1.165) is 38.8 Å². The summed E-state index contributed by atoms with van der Waals surface area (Å²) in [4.78, 5) is 25.6. The second kappa shape index (κ2) is 6.46. The molecule has 2 rings (SSSR count). The number of likely N-dealkylation sites (tertiary alicyclic amines) is 1. The van der Waals surface area contributed by atoms with Gasteiger partial charge in [0.1, 0.15) is 0 Å². The zero-order valence-electron chi connectivity index (χ0n) is 12.4. The van der Waals surface area contributed by atoms with Crippen molar-refractivity contribution in [1.82, 2.24) is 10.2 Å². The Morgan fingerprint density at radius 2 is 1.95 bits per heavy atom. The molecule has 0 aromatic carbocycles. The van der Waals surface area contributed by atoms with Crippen LogP contribution in [0.25, 0.3) is 0 Å². The number of amides is 2. The molecule has 0 spiro atoms. The smallest absolute Gasteiger partial charge is 0.317 e. The van der Waals surface area contributed by atoms with E-state index in [1.54, 1.807) is 0 Å². The Labute approximate surface area is 120 Å². The maximum absolute atomic E-state index is 12.2. The van der Waals surface area contributed by atoms with E-state index in [4.69, 9.17) is 0 Å². The maximum Gasteiger partial charge on any atom is 0.317 e. The molecule has 2 N–H and O–H groups in total. The van der Waals surface area contributed by atoms with E-state index < -0.39 is 11.4 Å². The van der Waals surface area contributed by atoms with E-state index in [1.165, 1.54) is 6.42 Å². The fourth-order valence-corrected chi connectivity index (χ4v) is 3.43. The van der Waals surface area contributed by atoms with Gasteiger partial charge >= 0.3 is 12.0 Å². The number of urea groups is 1. The lowest BCUT2D eigenvalue weighted by atomic mass is 9.74. The highest BCUT2D eigenvalue weighted by Crippen LogP contribution is 2.36. The fourth-order valence-electron chi connectivity index (χ4n) is 3.43. The minimum absolute atomic E-state index is 0.0947. The summed E-state index contributed by atoms with van der Waals surface area (Å²) >= 11 is 0. The number of piperidine rings is 1. The van der Waals surface area contributed by atoms with E-state index in [1.807, 2.05) is 4.90 Å². The van der Waals surface area contributed by atoms with Crippen molar-refractivity contribution in [3.63, 3.8) is 0 Å². The molecule has 0 radical (unpaired) electrons. The standard InChI is InChI=1S/C15H26N2O3/c1-12-6-5-9-17(10-12)14(20)16-11-15(13(18)19)7-3-2-4-8-15/h12H,2-11H2,1H3,(H,16,20)(H,18,19). The molecule has 1 unspecified atom stereocenters. The molecule has 0 aromatic rings. The van der Waals surface area contributed by atoms with Crippen molar-refractivity contribution in [2.24, 2.45) is 11.3 Å². The van der Waals surface area contributed by atoms with Crippen LogP contribution in [0.3, 0.4) is 0 Å². The molecule has 0 bridgehead atoms. The summed E-state index contributed by atoms with van der Waals surface area (Å²) in [7, 11) is 0. The SMILES string of the molecule is CC1CCCN(C(=O)NCC2(C(=O)O)CCCCC2)C1. The number of carbonyl (C=O) groups is 2. The van der Waals surface area contributed by atoms with Crippen molar-refractivity contribution in [2.45, 2.75) is 51.9 Å². The average molecular weight is 282 g/mol. The molecule has 0 aromatic heterocycles. The Kier molecular flexibility index (Phi) is 4.89. The summed E-state index contributed by atoms with van der Waals surface area (Å²) in [5.74, 6) is -0.220. The van der Waals surface area contributed by atoms with Crippen molar-refractivity contribution >= 4 is 12.0 Å². The quantitative estimate of drug-likeness (QED) is 0.835. The molecule has 114 valence electrons. The Balaban J connectivity index is 1.88. The number of carbonyl (C=O) groups excluding carboxylic acids is 1. The van der Waals surface area contributed by atoms with Crippen LogP contribution < -0.4 is 5.32 Å². The van der Waals surface area contributed by atoms with Crippen LogP contribution in [-0.2, 0) is 4.79 Å². The largest absolute Gasteiger partial charge is 0.481 e. The molecule has 1 saturated carbocycles. The second-order valence-electron chi connectivity index (χ2n) is 6.50. The van der Waals surface area contributed by atoms with Gasteiger partial charge in [0.25, 0.3) is 0 Å². The lowest BCUT2D eigenvalue weighted by Crippen LogP contribution is -2.50. The molecule has 1 heterocycles. The van der Waals surface area contributed by atoms with E-state index in [2.05, 4.69) is 12.2 Å². The van der Waals surface area contributed by atoms with Crippen LogP contribution >= 0.6 is 0 Å². The van der Waals surface area contributed by atoms with Crippen molar-refractivity contribution in [2.75, 3.05) is 19.6 Å². The zero-order valence-corrected chi connectivity index (χ0v) is 12.4. The van der Waals surface area contributed by atoms with Crippen molar-refractivity contribution in [3.05, 3.63) is 0 Å². The Morgan fingerprint density at radius 3 is 2.55 bits per heavy atom. The summed E-state index contributed by atoms with van der Waals surface area (Å²) in [5.41, 5.74) is -0.741. The summed E-state index contributed by atoms with van der Waals surface area (Å²) in [6.45, 7) is 3.99. The fraction of sp³-hybridized carbons (Fsp3) is 0.867. The van der Waals surface area contributed by atoms with Crippen molar-refractivity contribution < 1.29 is 14.7 Å². The van der Waals surface area contributed by atoms with Crippen molar-refractivity contribution in [1.29, 1.82) is 0 Å². The first kappa shape index (κ1) is 15.1. The van der Waals surface area contributed by atoms with Gasteiger partial charge in [-0.3, -0.25) is 4.79 Å². The van der Waals surface area contributed by atoms with E-state index in [9.17, 15) is 14.7 Å². The highest BCUT2D eigenvalue weighted by molar-refractivity contribution is 5.78. The first-order valence-corrected chi connectivity index (χ1v) is 7.80. The first-order chi connectivity index (χ1) is 9.53. The molecule has 1 aliphatic heterocycles. The van der Waals surface area contributed by atoms with Gasteiger partial charge in [-0.15, -0.1) is 0 Å². The van der Waals surface area contributed by atoms with Crippen LogP contribution in [-0.4, -0.2) is 41.6 Å². The summed E-state index contributed by atoms with van der Waals surface area (Å²) in [6.07, 6.45) is 6.57. The van der Waals surface area contributed by atoms with E-state index in [0.29, 0.717) is 18.8 Å². The summed E-state index contributed by atoms with van der Waals surface area (Å²) in [6, 6.07) is -0.0947. The molecule has 1 saturated heterocycles. The molecule has 5 heteroatoms. The predicted molar refractivity (Wildman–Crippen MR) is 76.5 cm³/mol. The molecule has 2 fully saturated rings. The third kappa shape index (κ3) is 3.44. The first-order valence-electron chi connectivity index (χ1n) is 7.80. The van der Waals surface area contributed by atoms with Gasteiger partial charge in [0.15, 0.2) is 0 Å². The number of hydrogen-bond donors (Lipinski definition) is 2. The highest BCUT2D eigenvalue weighted by atomic mass is 16.4. The average Bonchev–Trinajstić information content (AvgIpc) is 2.45. The lowest BCUT2D eigenvalue weighted by Gasteiger charge is -2.35. The Bertz CT molecular complexity index is 364. The van der Waals surface area contributed by atoms with Gasteiger partial charge in [0, 0.05) is 19.6 Å². The molecular formula is C15H26N2O3. The highest BCUT2D eigenvalue weighted by Gasteiger charge is 2.40. The summed E-state index contributed by atoms with van der Waals surface area (Å²) in [5, 5.41) is 12.4. The summed E-state index contributed by atoms with van der Waals surface area (Å²) < 4.78 is 0. The van der Waals surface area contributed by atoms with Crippen LogP contribution in [0.1, 0.15) is 51.9 Å². The van der Waals surface area contributed by atoms with Gasteiger partial charge in [-0.2, -0.15) is 0 Å². The molecular weight excluding hydrogens is 256 g/mol. The molecule has 1 aliphatic carbocycles. The molecule has 1 atom stereocenters. The molecule has 2 amide bonds. The van der Waals surface area contributed by atoms with Gasteiger partial charge in [0.05, 0.1) is 5.41 Å². The van der Waals surface area contributed by atoms with E-state index >= 15 is 0 Å². The molecule has 20 heavy (non-hydrogen) atoms. The van der Waals surface area contributed by atoms with Gasteiger partial charge in [0.2, 0.25) is 0 Å². The maximum atomic E-state index is 12.2. The number of nitrogens with zero attached hydrogens (tertiary/aromatic N) is 1. The predicted octanol–water partition coefficient (Wildman–Crippen LogP) is 2.46. The topological polar surface area (TPSA) is 69.6 Å². The zero-order chi connectivity index (χ0) is 14.6. The third-order valence-electron chi connectivity index (χ3n) is 4.79. The van der Waals surface area contributed by atoms with Crippen LogP contribution in [0.4, 0.5) is 4.79 Å². The minimum Gasteiger partial charge on any atom is -0.481 e. The van der Waals surface area contributed by atoms with Crippen molar-refractivity contribution in [3.8, 4) is 0 Å². The lowest BCUT2D eigenvalue weighted by molar-refractivity contribution is -0.150. The Hall–Kier alpha value is -1.26. The number of nitrogens with one attached hydrogen (secondary N) is 1. The Morgan fingerprint density at radius 1 is 1.25 bits per heavy atom. The van der Waals surface area contributed by atoms with Crippen LogP contribution in [0.2, 0.25) is 0 Å². The molecule has 2 aliphatic rings. The monoisotopic (exact) mass is 282 g/mol. The van der Waals surface area contributed by atoms with Gasteiger partial charge in [-0.1, -0.05) is 26.2 Å². The second-order valence-corrected chi connectivity index (χ2v) is 6.50. The normalized spacial score (nSPS) is 26.1. The van der Waals surface area contributed by atoms with Crippen LogP contribution in [0.15, 0.2) is 0 Å². The van der Waals surface area contributed by atoms with Gasteiger partial charge in [-0.25, -0.2) is 4.79 Å². The number of rotatable bonds is 3. The number of aliphatic carboxylic acids is 1. The third-order valence-corrected chi connectivity index (χ3v) is 4.79. The van der Waals surface area contributed by atoms with Gasteiger partial charge in [-0.05, 0) is 31.6 Å². The minimum atomic E-state index is -0.760. The van der Waals surface area contributed by atoms with Gasteiger partial charge < -0.3 is 15.3 Å². The number of hydrogen-bond acceptors (Lipinski definition) is 2. The van der Waals surface area contributed by atoms with E-state index in [-0.39, 0.29) is 12.6 Å². The number of carboxylic acid groups (broad SMARTS) is 1. The number of carboxylic acids is 1. The molecule has 5 nitrogen and oxygen atoms in total. The van der Waals surface area contributed by atoms with Crippen LogP contribution in [0, 0.1) is 11.3 Å².